The van der Waals surface area contributed by atoms with Crippen molar-refractivity contribution < 1.29 is 4.79 Å². The molecule has 1 fully saturated rings. The standard InChI is InChI=1S/C23H25N3OS/c1-28-22-11-3-2-10-21(22)23(27)18-7-5-13-25(16-18)17-20-9-6-14-26(20)19-8-4-12-24-15-19/h2-4,6,8-12,14-15,18H,5,7,13,16-17H2,1H3. The Labute approximate surface area is 170 Å². The summed E-state index contributed by atoms with van der Waals surface area (Å²) in [7, 11) is 0. The van der Waals surface area contributed by atoms with Gasteiger partial charge in [-0.15, -0.1) is 11.8 Å². The normalized spacial score (nSPS) is 17.5. The molecule has 1 atom stereocenters. The summed E-state index contributed by atoms with van der Waals surface area (Å²) in [5, 5.41) is 0. The second-order valence-electron chi connectivity index (χ2n) is 7.22. The highest BCUT2D eigenvalue weighted by Gasteiger charge is 2.28. The number of benzene rings is 1. The number of aromatic nitrogens is 2. The molecule has 3 heterocycles. The summed E-state index contributed by atoms with van der Waals surface area (Å²) in [4.78, 5) is 20.9. The Morgan fingerprint density at radius 2 is 2.07 bits per heavy atom. The molecule has 0 aliphatic carbocycles. The summed E-state index contributed by atoms with van der Waals surface area (Å²) < 4.78 is 2.18. The highest BCUT2D eigenvalue weighted by Crippen LogP contribution is 2.27. The van der Waals surface area contributed by atoms with Crippen molar-refractivity contribution in [1.82, 2.24) is 14.5 Å². The minimum atomic E-state index is 0.0730. The summed E-state index contributed by atoms with van der Waals surface area (Å²) in [5.74, 6) is 0.362. The number of rotatable bonds is 6. The van der Waals surface area contributed by atoms with E-state index in [1.54, 1.807) is 18.0 Å². The maximum Gasteiger partial charge on any atom is 0.168 e. The molecule has 1 saturated heterocycles. The average molecular weight is 392 g/mol. The van der Waals surface area contributed by atoms with Crippen LogP contribution in [0.4, 0.5) is 0 Å². The van der Waals surface area contributed by atoms with Crippen LogP contribution in [0.3, 0.4) is 0 Å². The maximum atomic E-state index is 13.2. The molecular formula is C23H25N3OS. The van der Waals surface area contributed by atoms with Crippen molar-refractivity contribution in [1.29, 1.82) is 0 Å². The Kier molecular flexibility index (Phi) is 5.93. The molecule has 0 spiro atoms. The molecule has 0 N–H and O–H groups in total. The van der Waals surface area contributed by atoms with Crippen molar-refractivity contribution in [3.8, 4) is 5.69 Å². The third-order valence-electron chi connectivity index (χ3n) is 5.39. The van der Waals surface area contributed by atoms with Crippen LogP contribution in [0.1, 0.15) is 28.9 Å². The lowest BCUT2D eigenvalue weighted by Gasteiger charge is -2.32. The van der Waals surface area contributed by atoms with Crippen LogP contribution in [0.5, 0.6) is 0 Å². The summed E-state index contributed by atoms with van der Waals surface area (Å²) in [6, 6.07) is 16.2. The molecule has 1 aromatic carbocycles. The number of carbonyl (C=O) groups excluding carboxylic acids is 1. The predicted octanol–water partition coefficient (Wildman–Crippen LogP) is 4.69. The van der Waals surface area contributed by atoms with E-state index in [0.717, 1.165) is 48.6 Å². The average Bonchev–Trinajstić information content (AvgIpc) is 3.22. The fraction of sp³-hybridized carbons (Fsp3) is 0.304. The number of ketones is 1. The molecule has 0 bridgehead atoms. The minimum Gasteiger partial charge on any atom is -0.318 e. The van der Waals surface area contributed by atoms with Crippen LogP contribution in [0.2, 0.25) is 0 Å². The third kappa shape index (κ3) is 4.05. The molecule has 0 saturated carbocycles. The van der Waals surface area contributed by atoms with Gasteiger partial charge in [-0.2, -0.15) is 0 Å². The van der Waals surface area contributed by atoms with Crippen LogP contribution in [0, 0.1) is 5.92 Å². The van der Waals surface area contributed by atoms with E-state index in [0.29, 0.717) is 0 Å². The van der Waals surface area contributed by atoms with Gasteiger partial charge in [0.05, 0.1) is 11.9 Å². The summed E-state index contributed by atoms with van der Waals surface area (Å²) in [5.41, 5.74) is 3.17. The van der Waals surface area contributed by atoms with Crippen molar-refractivity contribution in [2.75, 3.05) is 19.3 Å². The Morgan fingerprint density at radius 1 is 1.18 bits per heavy atom. The number of likely N-dealkylation sites (tertiary alicyclic amines) is 1. The second-order valence-corrected chi connectivity index (χ2v) is 8.07. The van der Waals surface area contributed by atoms with Crippen LogP contribution in [-0.2, 0) is 6.54 Å². The number of thioether (sulfide) groups is 1. The van der Waals surface area contributed by atoms with Crippen LogP contribution in [0.25, 0.3) is 5.69 Å². The molecule has 0 amide bonds. The largest absolute Gasteiger partial charge is 0.318 e. The van der Waals surface area contributed by atoms with E-state index in [4.69, 9.17) is 0 Å². The summed E-state index contributed by atoms with van der Waals surface area (Å²) in [6.45, 7) is 2.70. The van der Waals surface area contributed by atoms with Crippen molar-refractivity contribution >= 4 is 17.5 Å². The number of piperidine rings is 1. The van der Waals surface area contributed by atoms with Crippen molar-refractivity contribution in [2.24, 2.45) is 5.92 Å². The topological polar surface area (TPSA) is 38.1 Å². The van der Waals surface area contributed by atoms with Gasteiger partial charge in [-0.1, -0.05) is 18.2 Å². The van der Waals surface area contributed by atoms with Gasteiger partial charge in [-0.05, 0) is 56.0 Å². The fourth-order valence-corrected chi connectivity index (χ4v) is 4.61. The zero-order valence-corrected chi connectivity index (χ0v) is 16.9. The first-order chi connectivity index (χ1) is 13.8. The molecule has 3 aromatic rings. The third-order valence-corrected chi connectivity index (χ3v) is 6.19. The number of hydrogen-bond donors (Lipinski definition) is 0. The predicted molar refractivity (Wildman–Crippen MR) is 114 cm³/mol. The van der Waals surface area contributed by atoms with E-state index >= 15 is 0 Å². The monoisotopic (exact) mass is 391 g/mol. The van der Waals surface area contributed by atoms with Crippen LogP contribution in [0.15, 0.2) is 72.0 Å². The molecule has 5 heteroatoms. The number of carbonyl (C=O) groups is 1. The first-order valence-electron chi connectivity index (χ1n) is 9.72. The lowest BCUT2D eigenvalue weighted by atomic mass is 9.90. The van der Waals surface area contributed by atoms with E-state index in [2.05, 4.69) is 38.8 Å². The highest BCUT2D eigenvalue weighted by atomic mass is 32.2. The Hall–Kier alpha value is -2.37. The molecule has 4 rings (SSSR count). The number of hydrogen-bond acceptors (Lipinski definition) is 4. The Morgan fingerprint density at radius 3 is 2.89 bits per heavy atom. The van der Waals surface area contributed by atoms with Gasteiger partial charge in [0.15, 0.2) is 5.78 Å². The fourth-order valence-electron chi connectivity index (χ4n) is 4.00. The van der Waals surface area contributed by atoms with E-state index < -0.39 is 0 Å². The van der Waals surface area contributed by atoms with Crippen LogP contribution >= 0.6 is 11.8 Å². The van der Waals surface area contributed by atoms with Gasteiger partial charge < -0.3 is 4.57 Å². The number of Topliss-reactive ketones (excluding diaryl/α,β-unsaturated/α-hetero) is 1. The van der Waals surface area contributed by atoms with Gasteiger partial charge in [0.1, 0.15) is 0 Å². The minimum absolute atomic E-state index is 0.0730. The Balaban J connectivity index is 1.48. The molecule has 0 radical (unpaired) electrons. The molecule has 1 aliphatic heterocycles. The van der Waals surface area contributed by atoms with Gasteiger partial charge >= 0.3 is 0 Å². The quantitative estimate of drug-likeness (QED) is 0.451. The van der Waals surface area contributed by atoms with Crippen LogP contribution in [-0.4, -0.2) is 39.6 Å². The highest BCUT2D eigenvalue weighted by molar-refractivity contribution is 7.98. The van der Waals surface area contributed by atoms with Crippen molar-refractivity contribution in [3.63, 3.8) is 0 Å². The van der Waals surface area contributed by atoms with Gasteiger partial charge in [0.2, 0.25) is 0 Å². The van der Waals surface area contributed by atoms with E-state index in [-0.39, 0.29) is 11.7 Å². The molecular weight excluding hydrogens is 366 g/mol. The summed E-state index contributed by atoms with van der Waals surface area (Å²) in [6.07, 6.45) is 9.82. The van der Waals surface area contributed by atoms with Gasteiger partial charge in [0, 0.05) is 47.6 Å². The first kappa shape index (κ1) is 19.0. The van der Waals surface area contributed by atoms with Gasteiger partial charge in [-0.3, -0.25) is 14.7 Å². The van der Waals surface area contributed by atoms with Crippen molar-refractivity contribution in [2.45, 2.75) is 24.3 Å². The van der Waals surface area contributed by atoms with E-state index in [9.17, 15) is 4.79 Å². The maximum absolute atomic E-state index is 13.2. The zero-order chi connectivity index (χ0) is 19.3. The summed E-state index contributed by atoms with van der Waals surface area (Å²) >= 11 is 1.65. The molecule has 1 unspecified atom stereocenters. The molecule has 144 valence electrons. The smallest absolute Gasteiger partial charge is 0.168 e. The molecule has 4 nitrogen and oxygen atoms in total. The lowest BCUT2D eigenvalue weighted by Crippen LogP contribution is -2.38. The first-order valence-corrected chi connectivity index (χ1v) is 10.9. The number of pyridine rings is 1. The zero-order valence-electron chi connectivity index (χ0n) is 16.1. The van der Waals surface area contributed by atoms with E-state index in [1.807, 2.05) is 42.8 Å². The molecule has 2 aromatic heterocycles. The van der Waals surface area contributed by atoms with Gasteiger partial charge in [-0.25, -0.2) is 0 Å². The lowest BCUT2D eigenvalue weighted by molar-refractivity contribution is 0.0806. The Bertz CT molecular complexity index is 938. The second kappa shape index (κ2) is 8.76. The van der Waals surface area contributed by atoms with E-state index in [1.165, 1.54) is 5.69 Å². The molecule has 28 heavy (non-hydrogen) atoms. The SMILES string of the molecule is CSc1ccccc1C(=O)C1CCCN(Cc2cccn2-c2cccnc2)C1. The number of nitrogens with zero attached hydrogens (tertiary/aromatic N) is 3. The van der Waals surface area contributed by atoms with Gasteiger partial charge in [0.25, 0.3) is 0 Å². The van der Waals surface area contributed by atoms with Crippen molar-refractivity contribution in [3.05, 3.63) is 78.4 Å². The van der Waals surface area contributed by atoms with Crippen LogP contribution < -0.4 is 0 Å². The molecule has 1 aliphatic rings.